The zero-order chi connectivity index (χ0) is 19.0. The molecular formula is C19H22N4O3S. The Labute approximate surface area is 161 Å². The monoisotopic (exact) mass is 386 g/mol. The number of allylic oxidation sites excluding steroid dienone is 2. The van der Waals surface area contributed by atoms with E-state index in [0.717, 1.165) is 23.4 Å². The number of phenolic OH excluding ortho intramolecular Hbond substituents is 1. The number of carbonyl (C=O) groups is 1. The molecule has 2 heterocycles. The fourth-order valence-electron chi connectivity index (χ4n) is 3.66. The third-order valence-corrected chi connectivity index (χ3v) is 5.50. The minimum Gasteiger partial charge on any atom is -0.504 e. The molecule has 1 aliphatic carbocycles. The van der Waals surface area contributed by atoms with Gasteiger partial charge in [0.05, 0.1) is 18.6 Å². The summed E-state index contributed by atoms with van der Waals surface area (Å²) in [4.78, 5) is 17.4. The number of aromatic hydroxyl groups is 1. The molecular weight excluding hydrogens is 364 g/mol. The molecule has 8 heteroatoms. The molecule has 0 saturated heterocycles. The van der Waals surface area contributed by atoms with Crippen molar-refractivity contribution in [3.05, 3.63) is 35.5 Å². The quantitative estimate of drug-likeness (QED) is 0.762. The van der Waals surface area contributed by atoms with E-state index >= 15 is 0 Å². The Bertz CT molecular complexity index is 908. The number of benzene rings is 1. The van der Waals surface area contributed by atoms with E-state index in [1.54, 1.807) is 28.6 Å². The molecule has 2 N–H and O–H groups in total. The van der Waals surface area contributed by atoms with Gasteiger partial charge in [0.15, 0.2) is 11.5 Å². The number of hydrogen-bond acceptors (Lipinski definition) is 7. The number of hydrogen-bond donors (Lipinski definition) is 2. The highest BCUT2D eigenvalue weighted by Crippen LogP contribution is 2.43. The molecule has 0 spiro atoms. The van der Waals surface area contributed by atoms with E-state index in [-0.39, 0.29) is 23.5 Å². The van der Waals surface area contributed by atoms with E-state index in [2.05, 4.69) is 28.4 Å². The van der Waals surface area contributed by atoms with Gasteiger partial charge in [0, 0.05) is 12.1 Å². The summed E-state index contributed by atoms with van der Waals surface area (Å²) >= 11 is 1.56. The fourth-order valence-corrected chi connectivity index (χ4v) is 4.22. The molecule has 0 radical (unpaired) electrons. The second-order valence-corrected chi connectivity index (χ2v) is 7.70. The lowest BCUT2D eigenvalue weighted by Gasteiger charge is -2.36. The van der Waals surface area contributed by atoms with Crippen LogP contribution in [0.15, 0.2) is 35.1 Å². The Morgan fingerprint density at radius 1 is 1.41 bits per heavy atom. The highest BCUT2D eigenvalue weighted by atomic mass is 32.2. The third-order valence-electron chi connectivity index (χ3n) is 4.78. The van der Waals surface area contributed by atoms with Crippen molar-refractivity contribution in [3.63, 3.8) is 0 Å². The molecule has 2 aliphatic rings. The Morgan fingerprint density at radius 3 is 3.04 bits per heavy atom. The maximum Gasteiger partial charge on any atom is 0.227 e. The molecule has 27 heavy (non-hydrogen) atoms. The van der Waals surface area contributed by atoms with Crippen LogP contribution in [-0.4, -0.2) is 38.0 Å². The standard InChI is InChI=1S/C19H22N4O3S/c1-3-26-15-10-11(8-9-13(15)24)17-16-12(6-5-7-14(16)25)20-18-21-19(27-4-2)22-23(17)18/h6,8-10,16-17,24H,3-5,7H2,1-2H3,(H,20,21,22)/t16-,17-/m0/s1. The predicted molar refractivity (Wildman–Crippen MR) is 103 cm³/mol. The molecule has 2 atom stereocenters. The van der Waals surface area contributed by atoms with E-state index in [9.17, 15) is 9.90 Å². The van der Waals surface area contributed by atoms with Crippen molar-refractivity contribution in [1.82, 2.24) is 14.8 Å². The number of nitrogens with zero attached hydrogens (tertiary/aromatic N) is 3. The number of ketones is 1. The molecule has 0 fully saturated rings. The molecule has 0 bridgehead atoms. The van der Waals surface area contributed by atoms with Crippen LogP contribution in [0, 0.1) is 5.92 Å². The molecule has 142 valence electrons. The van der Waals surface area contributed by atoms with Gasteiger partial charge in [0.25, 0.3) is 0 Å². The summed E-state index contributed by atoms with van der Waals surface area (Å²) in [7, 11) is 0. The van der Waals surface area contributed by atoms with Crippen LogP contribution in [0.25, 0.3) is 0 Å². The Balaban J connectivity index is 1.85. The molecule has 0 unspecified atom stereocenters. The molecule has 1 aromatic heterocycles. The van der Waals surface area contributed by atoms with Crippen LogP contribution in [-0.2, 0) is 4.79 Å². The van der Waals surface area contributed by atoms with Gasteiger partial charge >= 0.3 is 0 Å². The van der Waals surface area contributed by atoms with Gasteiger partial charge in [0.2, 0.25) is 11.1 Å². The lowest BCUT2D eigenvalue weighted by molar-refractivity contribution is -0.123. The maximum atomic E-state index is 12.8. The highest BCUT2D eigenvalue weighted by Gasteiger charge is 2.41. The van der Waals surface area contributed by atoms with Gasteiger partial charge in [-0.3, -0.25) is 4.79 Å². The molecule has 2 aromatic rings. The van der Waals surface area contributed by atoms with Gasteiger partial charge in [-0.25, -0.2) is 4.68 Å². The van der Waals surface area contributed by atoms with E-state index in [1.165, 1.54) is 0 Å². The van der Waals surface area contributed by atoms with Gasteiger partial charge in [-0.1, -0.05) is 30.8 Å². The summed E-state index contributed by atoms with van der Waals surface area (Å²) in [5.41, 5.74) is 1.75. The minimum atomic E-state index is -0.341. The largest absolute Gasteiger partial charge is 0.504 e. The number of carbonyl (C=O) groups excluding carboxylic acids is 1. The number of aromatic nitrogens is 3. The first-order chi connectivity index (χ1) is 13.1. The fraction of sp³-hybridized carbons (Fsp3) is 0.421. The molecule has 1 aromatic carbocycles. The number of rotatable bonds is 5. The average Bonchev–Trinajstić information content (AvgIpc) is 3.05. The smallest absolute Gasteiger partial charge is 0.227 e. The summed E-state index contributed by atoms with van der Waals surface area (Å²) in [6.45, 7) is 4.37. The maximum absolute atomic E-state index is 12.8. The van der Waals surface area contributed by atoms with Crippen molar-refractivity contribution >= 4 is 23.5 Å². The first kappa shape index (κ1) is 17.9. The van der Waals surface area contributed by atoms with E-state index in [1.807, 2.05) is 13.0 Å². The Hall–Kier alpha value is -2.48. The van der Waals surface area contributed by atoms with Crippen LogP contribution < -0.4 is 10.1 Å². The minimum absolute atomic E-state index is 0.0845. The molecule has 4 rings (SSSR count). The number of phenols is 1. The van der Waals surface area contributed by atoms with Gasteiger partial charge in [-0.2, -0.15) is 4.98 Å². The van der Waals surface area contributed by atoms with Crippen molar-refractivity contribution in [1.29, 1.82) is 0 Å². The summed E-state index contributed by atoms with van der Waals surface area (Å²) in [6, 6.07) is 4.91. The van der Waals surface area contributed by atoms with Crippen LogP contribution in [0.4, 0.5) is 5.95 Å². The number of Topliss-reactive ketones (excluding diaryl/α,β-unsaturated/α-hetero) is 1. The first-order valence-corrected chi connectivity index (χ1v) is 10.2. The zero-order valence-electron chi connectivity index (χ0n) is 15.3. The van der Waals surface area contributed by atoms with Gasteiger partial charge in [-0.15, -0.1) is 5.10 Å². The van der Waals surface area contributed by atoms with E-state index < -0.39 is 0 Å². The van der Waals surface area contributed by atoms with Crippen LogP contribution in [0.2, 0.25) is 0 Å². The summed E-state index contributed by atoms with van der Waals surface area (Å²) in [6.07, 6.45) is 3.33. The lowest BCUT2D eigenvalue weighted by Crippen LogP contribution is -2.38. The Kier molecular flexibility index (Phi) is 4.82. The van der Waals surface area contributed by atoms with Crippen LogP contribution >= 0.6 is 11.8 Å². The van der Waals surface area contributed by atoms with Crippen LogP contribution in [0.1, 0.15) is 38.3 Å². The third kappa shape index (κ3) is 3.18. The molecule has 7 nitrogen and oxygen atoms in total. The second kappa shape index (κ2) is 7.26. The van der Waals surface area contributed by atoms with Crippen molar-refractivity contribution in [2.24, 2.45) is 5.92 Å². The number of ether oxygens (including phenoxy) is 1. The predicted octanol–water partition coefficient (Wildman–Crippen LogP) is 3.37. The first-order valence-electron chi connectivity index (χ1n) is 9.17. The average molecular weight is 386 g/mol. The molecule has 1 aliphatic heterocycles. The van der Waals surface area contributed by atoms with Crippen LogP contribution in [0.5, 0.6) is 11.5 Å². The van der Waals surface area contributed by atoms with E-state index in [0.29, 0.717) is 29.9 Å². The van der Waals surface area contributed by atoms with Gasteiger partial charge in [0.1, 0.15) is 5.78 Å². The second-order valence-electron chi connectivity index (χ2n) is 6.47. The van der Waals surface area contributed by atoms with Gasteiger partial charge in [-0.05, 0) is 36.8 Å². The number of fused-ring (bicyclic) bond motifs is 2. The summed E-state index contributed by atoms with van der Waals surface area (Å²) in [5.74, 6) is 1.84. The van der Waals surface area contributed by atoms with Crippen molar-refractivity contribution in [3.8, 4) is 11.5 Å². The van der Waals surface area contributed by atoms with E-state index in [4.69, 9.17) is 4.74 Å². The number of thioether (sulfide) groups is 1. The Morgan fingerprint density at radius 2 is 2.26 bits per heavy atom. The van der Waals surface area contributed by atoms with Crippen molar-refractivity contribution in [2.75, 3.05) is 17.7 Å². The lowest BCUT2D eigenvalue weighted by atomic mass is 9.81. The number of anilines is 1. The topological polar surface area (TPSA) is 89.3 Å². The summed E-state index contributed by atoms with van der Waals surface area (Å²) in [5, 5.41) is 18.7. The zero-order valence-corrected chi connectivity index (χ0v) is 16.1. The highest BCUT2D eigenvalue weighted by molar-refractivity contribution is 7.99. The normalized spacial score (nSPS) is 21.1. The molecule has 0 saturated carbocycles. The number of nitrogens with one attached hydrogen (secondary N) is 1. The summed E-state index contributed by atoms with van der Waals surface area (Å²) < 4.78 is 7.35. The van der Waals surface area contributed by atoms with Crippen molar-refractivity contribution < 1.29 is 14.6 Å². The molecule has 0 amide bonds. The van der Waals surface area contributed by atoms with Crippen molar-refractivity contribution in [2.45, 2.75) is 37.9 Å². The van der Waals surface area contributed by atoms with Gasteiger partial charge < -0.3 is 15.2 Å². The van der Waals surface area contributed by atoms with Crippen LogP contribution in [0.3, 0.4) is 0 Å². The SMILES string of the molecule is CCOc1cc([C@H]2[C@@H]3C(=O)CCC=C3Nc3nc(SCC)nn32)ccc1O.